The van der Waals surface area contributed by atoms with Gasteiger partial charge in [-0.2, -0.15) is 18.2 Å². The molecule has 12 heteroatoms. The van der Waals surface area contributed by atoms with Crippen LogP contribution in [0.25, 0.3) is 0 Å². The molecule has 0 bridgehead atoms. The van der Waals surface area contributed by atoms with Crippen LogP contribution in [0, 0.1) is 17.5 Å². The number of benzene rings is 1. The minimum atomic E-state index is -3.69. The maximum atomic E-state index is 13.5. The molecule has 0 saturated carbocycles. The Kier molecular flexibility index (Phi) is 5.22. The fraction of sp³-hybridized carbons (Fsp3) is 0.444. The number of carbonyl (C=O) groups excluding carboxylic acids is 1. The average molecular weight is 443 g/mol. The number of anilines is 1. The number of rotatable bonds is 3. The summed E-state index contributed by atoms with van der Waals surface area (Å²) in [6, 6.07) is 1.32. The standard InChI is InChI=1S/C18H20F3N5O3S/c1-11-9-25-16(15(8-22-25)26-4-2-3-23-30(26,28)29)10-24(11)17(27)7-12-5-13(19)18(21)14(20)6-12/h5-6,8,11,23H,2-4,7,9-10H2,1H3/t11-/m0/s1. The molecule has 1 N–H and O–H groups in total. The van der Waals surface area contributed by atoms with Crippen LogP contribution in [0.2, 0.25) is 0 Å². The van der Waals surface area contributed by atoms with Crippen molar-refractivity contribution >= 4 is 21.8 Å². The van der Waals surface area contributed by atoms with Crippen LogP contribution in [0.4, 0.5) is 18.9 Å². The lowest BCUT2D eigenvalue weighted by molar-refractivity contribution is -0.134. The van der Waals surface area contributed by atoms with E-state index < -0.39 is 33.6 Å². The second kappa shape index (κ2) is 7.58. The van der Waals surface area contributed by atoms with Gasteiger partial charge in [0, 0.05) is 19.1 Å². The van der Waals surface area contributed by atoms with E-state index in [2.05, 4.69) is 9.82 Å². The molecule has 1 atom stereocenters. The third kappa shape index (κ3) is 3.65. The summed E-state index contributed by atoms with van der Waals surface area (Å²) in [6.07, 6.45) is 1.78. The van der Waals surface area contributed by atoms with Crippen LogP contribution in [0.5, 0.6) is 0 Å². The van der Waals surface area contributed by atoms with E-state index in [1.165, 1.54) is 15.4 Å². The molecule has 1 aromatic carbocycles. The molecule has 2 aliphatic heterocycles. The molecule has 4 rings (SSSR count). The molecule has 1 aromatic heterocycles. The van der Waals surface area contributed by atoms with Crippen molar-refractivity contribution in [2.75, 3.05) is 17.4 Å². The van der Waals surface area contributed by atoms with E-state index in [1.807, 2.05) is 0 Å². The van der Waals surface area contributed by atoms with Crippen molar-refractivity contribution in [2.45, 2.75) is 38.9 Å². The Balaban J connectivity index is 1.58. The molecule has 2 aromatic rings. The van der Waals surface area contributed by atoms with E-state index >= 15 is 0 Å². The molecule has 1 fully saturated rings. The van der Waals surface area contributed by atoms with E-state index in [9.17, 15) is 26.4 Å². The van der Waals surface area contributed by atoms with Gasteiger partial charge in [0.1, 0.15) is 0 Å². The van der Waals surface area contributed by atoms with Gasteiger partial charge < -0.3 is 4.90 Å². The van der Waals surface area contributed by atoms with Gasteiger partial charge >= 0.3 is 10.2 Å². The Hall–Kier alpha value is -2.60. The molecule has 0 unspecified atom stereocenters. The third-order valence-corrected chi connectivity index (χ3v) is 6.85. The summed E-state index contributed by atoms with van der Waals surface area (Å²) in [7, 11) is -3.69. The Bertz CT molecular complexity index is 1080. The lowest BCUT2D eigenvalue weighted by atomic mass is 10.1. The first-order valence-electron chi connectivity index (χ1n) is 9.42. The van der Waals surface area contributed by atoms with Crippen molar-refractivity contribution in [3.63, 3.8) is 0 Å². The lowest BCUT2D eigenvalue weighted by Crippen LogP contribution is -2.49. The van der Waals surface area contributed by atoms with Crippen LogP contribution in [-0.4, -0.2) is 48.1 Å². The molecular formula is C18H20F3N5O3S. The molecule has 0 aliphatic carbocycles. The minimum Gasteiger partial charge on any atom is -0.332 e. The van der Waals surface area contributed by atoms with Gasteiger partial charge in [0.25, 0.3) is 0 Å². The summed E-state index contributed by atoms with van der Waals surface area (Å²) in [6.45, 7) is 2.88. The number of fused-ring (bicyclic) bond motifs is 1. The number of halogens is 3. The number of hydrogen-bond acceptors (Lipinski definition) is 4. The van der Waals surface area contributed by atoms with Crippen LogP contribution in [0.3, 0.4) is 0 Å². The molecule has 1 saturated heterocycles. The SMILES string of the molecule is C[C@H]1Cn2ncc(N3CCCNS3(=O)=O)c2CN1C(=O)Cc1cc(F)c(F)c(F)c1. The van der Waals surface area contributed by atoms with Crippen LogP contribution in [0.15, 0.2) is 18.3 Å². The smallest absolute Gasteiger partial charge is 0.301 e. The highest BCUT2D eigenvalue weighted by Gasteiger charge is 2.34. The van der Waals surface area contributed by atoms with Crippen molar-refractivity contribution < 1.29 is 26.4 Å². The molecular weight excluding hydrogens is 423 g/mol. The van der Waals surface area contributed by atoms with Crippen LogP contribution in [-0.2, 0) is 34.5 Å². The highest BCUT2D eigenvalue weighted by atomic mass is 32.2. The van der Waals surface area contributed by atoms with Gasteiger partial charge in [-0.1, -0.05) is 0 Å². The first-order valence-corrected chi connectivity index (χ1v) is 10.9. The summed E-state index contributed by atoms with van der Waals surface area (Å²) in [5.74, 6) is -4.70. The number of nitrogens with zero attached hydrogens (tertiary/aromatic N) is 4. The summed E-state index contributed by atoms with van der Waals surface area (Å²) >= 11 is 0. The van der Waals surface area contributed by atoms with Gasteiger partial charge in [0.05, 0.1) is 37.1 Å². The number of carbonyl (C=O) groups is 1. The second-order valence-corrected chi connectivity index (χ2v) is 9.08. The maximum Gasteiger partial charge on any atom is 0.301 e. The second-order valence-electron chi connectivity index (χ2n) is 7.40. The topological polar surface area (TPSA) is 87.5 Å². The lowest BCUT2D eigenvalue weighted by Gasteiger charge is -2.36. The fourth-order valence-corrected chi connectivity index (χ4v) is 5.13. The van der Waals surface area contributed by atoms with Gasteiger partial charge in [-0.15, -0.1) is 0 Å². The Morgan fingerprint density at radius 3 is 2.63 bits per heavy atom. The predicted molar refractivity (Wildman–Crippen MR) is 101 cm³/mol. The van der Waals surface area contributed by atoms with E-state index in [4.69, 9.17) is 0 Å². The number of amides is 1. The van der Waals surface area contributed by atoms with E-state index in [-0.39, 0.29) is 24.6 Å². The third-order valence-electron chi connectivity index (χ3n) is 5.32. The van der Waals surface area contributed by atoms with Crippen LogP contribution in [0.1, 0.15) is 24.6 Å². The zero-order valence-electron chi connectivity index (χ0n) is 16.1. The van der Waals surface area contributed by atoms with Crippen molar-refractivity contribution in [3.8, 4) is 0 Å². The molecule has 0 spiro atoms. The highest BCUT2D eigenvalue weighted by molar-refractivity contribution is 7.90. The molecule has 162 valence electrons. The maximum absolute atomic E-state index is 13.5. The number of nitrogens with one attached hydrogen (secondary N) is 1. The Morgan fingerprint density at radius 1 is 1.27 bits per heavy atom. The van der Waals surface area contributed by atoms with E-state index in [0.717, 1.165) is 12.1 Å². The van der Waals surface area contributed by atoms with Gasteiger partial charge in [-0.3, -0.25) is 13.8 Å². The van der Waals surface area contributed by atoms with Gasteiger partial charge in [-0.25, -0.2) is 13.2 Å². The molecule has 2 aliphatic rings. The minimum absolute atomic E-state index is 0.0192. The van der Waals surface area contributed by atoms with Gasteiger partial charge in [-0.05, 0) is 31.0 Å². The van der Waals surface area contributed by atoms with Crippen molar-refractivity contribution in [1.82, 2.24) is 19.4 Å². The zero-order chi connectivity index (χ0) is 21.6. The van der Waals surface area contributed by atoms with Crippen molar-refractivity contribution in [1.29, 1.82) is 0 Å². The average Bonchev–Trinajstić information content (AvgIpc) is 3.07. The van der Waals surface area contributed by atoms with E-state index in [0.29, 0.717) is 37.4 Å². The number of hydrogen-bond donors (Lipinski definition) is 1. The fourth-order valence-electron chi connectivity index (χ4n) is 3.79. The van der Waals surface area contributed by atoms with Gasteiger partial charge in [0.2, 0.25) is 5.91 Å². The summed E-state index contributed by atoms with van der Waals surface area (Å²) in [5, 5.41) is 4.26. The van der Waals surface area contributed by atoms with Crippen molar-refractivity contribution in [3.05, 3.63) is 47.0 Å². The highest BCUT2D eigenvalue weighted by Crippen LogP contribution is 2.30. The molecule has 0 radical (unpaired) electrons. The first kappa shape index (κ1) is 20.7. The predicted octanol–water partition coefficient (Wildman–Crippen LogP) is 1.32. The largest absolute Gasteiger partial charge is 0.332 e. The normalized spacial score (nSPS) is 20.9. The van der Waals surface area contributed by atoms with E-state index in [1.54, 1.807) is 11.6 Å². The van der Waals surface area contributed by atoms with Crippen LogP contribution < -0.4 is 9.03 Å². The summed E-state index contributed by atoms with van der Waals surface area (Å²) in [5.41, 5.74) is 0.974. The summed E-state index contributed by atoms with van der Waals surface area (Å²) in [4.78, 5) is 14.3. The molecule has 30 heavy (non-hydrogen) atoms. The zero-order valence-corrected chi connectivity index (χ0v) is 16.9. The van der Waals surface area contributed by atoms with Crippen molar-refractivity contribution in [2.24, 2.45) is 0 Å². The summed E-state index contributed by atoms with van der Waals surface area (Å²) < 4.78 is 70.2. The van der Waals surface area contributed by atoms with Crippen LogP contribution >= 0.6 is 0 Å². The molecule has 8 nitrogen and oxygen atoms in total. The molecule has 3 heterocycles. The monoisotopic (exact) mass is 443 g/mol. The number of aromatic nitrogens is 2. The quantitative estimate of drug-likeness (QED) is 0.725. The Labute approximate surface area is 171 Å². The van der Waals surface area contributed by atoms with Gasteiger partial charge in [0.15, 0.2) is 17.5 Å². The molecule has 1 amide bonds. The Morgan fingerprint density at radius 2 is 1.97 bits per heavy atom. The first-order chi connectivity index (χ1) is 14.2.